The van der Waals surface area contributed by atoms with Gasteiger partial charge < -0.3 is 4.52 Å². The van der Waals surface area contributed by atoms with Gasteiger partial charge in [-0.2, -0.15) is 0 Å². The van der Waals surface area contributed by atoms with Gasteiger partial charge in [-0.1, -0.05) is 64.3 Å². The molecule has 0 spiro atoms. The molecule has 0 saturated carbocycles. The molecule has 0 bridgehead atoms. The Morgan fingerprint density at radius 3 is 2.25 bits per heavy atom. The lowest BCUT2D eigenvalue weighted by Crippen LogP contribution is -1.77. The number of aryl methyl sites for hydroxylation is 1. The summed E-state index contributed by atoms with van der Waals surface area (Å²) >= 11 is 11.9. The average Bonchev–Trinajstić information content (AvgIpc) is 2.92. The molecule has 0 aliphatic heterocycles. The van der Waals surface area contributed by atoms with Crippen molar-refractivity contribution in [3.63, 3.8) is 0 Å². The van der Waals surface area contributed by atoms with E-state index in [1.165, 1.54) is 5.56 Å². The number of hydrogen-bond acceptors (Lipinski definition) is 2. The molecule has 1 aromatic heterocycles. The molecule has 3 rings (SSSR count). The number of nitrogens with zero attached hydrogens (tertiary/aromatic N) is 1. The Balaban J connectivity index is 1.97. The van der Waals surface area contributed by atoms with Crippen molar-refractivity contribution in [2.45, 2.75) is 6.92 Å². The highest BCUT2D eigenvalue weighted by molar-refractivity contribution is 6.42. The van der Waals surface area contributed by atoms with Gasteiger partial charge in [0.1, 0.15) is 5.69 Å². The third-order valence-corrected chi connectivity index (χ3v) is 3.80. The summed E-state index contributed by atoms with van der Waals surface area (Å²) in [7, 11) is 0. The first-order chi connectivity index (χ1) is 9.63. The molecule has 0 radical (unpaired) electrons. The van der Waals surface area contributed by atoms with Gasteiger partial charge in [-0.05, 0) is 19.1 Å². The largest absolute Gasteiger partial charge is 0.356 e. The fourth-order valence-corrected chi connectivity index (χ4v) is 2.22. The molecule has 0 aliphatic carbocycles. The number of benzene rings is 2. The first-order valence-corrected chi connectivity index (χ1v) is 6.88. The molecule has 1 heterocycles. The molecule has 2 aromatic carbocycles. The molecule has 100 valence electrons. The lowest BCUT2D eigenvalue weighted by Gasteiger charge is -1.98. The second-order valence-corrected chi connectivity index (χ2v) is 5.39. The topological polar surface area (TPSA) is 26.0 Å². The van der Waals surface area contributed by atoms with E-state index in [4.69, 9.17) is 27.7 Å². The minimum absolute atomic E-state index is 0.504. The first kappa shape index (κ1) is 13.2. The number of rotatable bonds is 2. The maximum atomic E-state index is 6.01. The third kappa shape index (κ3) is 2.58. The normalized spacial score (nSPS) is 10.8. The maximum Gasteiger partial charge on any atom is 0.167 e. The van der Waals surface area contributed by atoms with Crippen LogP contribution in [-0.2, 0) is 0 Å². The Bertz CT molecular complexity index is 747. The van der Waals surface area contributed by atoms with Crippen LogP contribution in [0.2, 0.25) is 10.0 Å². The van der Waals surface area contributed by atoms with E-state index in [0.29, 0.717) is 10.0 Å². The second kappa shape index (κ2) is 5.31. The second-order valence-electron chi connectivity index (χ2n) is 4.57. The van der Waals surface area contributed by atoms with Crippen LogP contribution in [-0.4, -0.2) is 5.16 Å². The molecule has 0 amide bonds. The molecule has 20 heavy (non-hydrogen) atoms. The van der Waals surface area contributed by atoms with Crippen LogP contribution in [0.3, 0.4) is 0 Å². The van der Waals surface area contributed by atoms with Crippen molar-refractivity contribution in [3.8, 4) is 22.6 Å². The van der Waals surface area contributed by atoms with Crippen molar-refractivity contribution in [3.05, 3.63) is 64.1 Å². The summed E-state index contributed by atoms with van der Waals surface area (Å²) in [6.07, 6.45) is 0. The zero-order chi connectivity index (χ0) is 14.1. The molecule has 0 fully saturated rings. The smallest absolute Gasteiger partial charge is 0.167 e. The monoisotopic (exact) mass is 303 g/mol. The van der Waals surface area contributed by atoms with Crippen molar-refractivity contribution >= 4 is 23.2 Å². The standard InChI is InChI=1S/C16H11Cl2NO/c1-10-2-4-11(5-3-10)16-9-15(19-20-16)12-6-7-13(17)14(18)8-12/h2-9H,1H3. The van der Waals surface area contributed by atoms with Crippen LogP contribution < -0.4 is 0 Å². The number of hydrogen-bond donors (Lipinski definition) is 0. The van der Waals surface area contributed by atoms with Gasteiger partial charge in [-0.25, -0.2) is 0 Å². The first-order valence-electron chi connectivity index (χ1n) is 6.13. The summed E-state index contributed by atoms with van der Waals surface area (Å²) in [4.78, 5) is 0. The quantitative estimate of drug-likeness (QED) is 0.613. The average molecular weight is 304 g/mol. The minimum atomic E-state index is 0.504. The highest BCUT2D eigenvalue weighted by atomic mass is 35.5. The Hall–Kier alpha value is -1.77. The fraction of sp³-hybridized carbons (Fsp3) is 0.0625. The summed E-state index contributed by atoms with van der Waals surface area (Å²) < 4.78 is 5.39. The summed E-state index contributed by atoms with van der Waals surface area (Å²) in [6, 6.07) is 15.4. The summed E-state index contributed by atoms with van der Waals surface area (Å²) in [6.45, 7) is 2.05. The molecule has 0 atom stereocenters. The summed E-state index contributed by atoms with van der Waals surface area (Å²) in [5, 5.41) is 5.11. The van der Waals surface area contributed by atoms with E-state index in [2.05, 4.69) is 5.16 Å². The SMILES string of the molecule is Cc1ccc(-c2cc(-c3ccc(Cl)c(Cl)c3)no2)cc1. The van der Waals surface area contributed by atoms with Gasteiger partial charge in [0.05, 0.1) is 10.0 Å². The maximum absolute atomic E-state index is 6.01. The molecule has 0 aliphatic rings. The van der Waals surface area contributed by atoms with Gasteiger partial charge in [0.25, 0.3) is 0 Å². The molecule has 4 heteroatoms. The van der Waals surface area contributed by atoms with Crippen LogP contribution in [0.4, 0.5) is 0 Å². The van der Waals surface area contributed by atoms with Crippen LogP contribution in [0.1, 0.15) is 5.56 Å². The van der Waals surface area contributed by atoms with Gasteiger partial charge in [0.2, 0.25) is 0 Å². The van der Waals surface area contributed by atoms with E-state index in [1.807, 2.05) is 43.3 Å². The molecule has 0 N–H and O–H groups in total. The van der Waals surface area contributed by atoms with E-state index < -0.39 is 0 Å². The van der Waals surface area contributed by atoms with E-state index in [9.17, 15) is 0 Å². The Labute approximate surface area is 126 Å². The van der Waals surface area contributed by atoms with Crippen LogP contribution in [0.5, 0.6) is 0 Å². The third-order valence-electron chi connectivity index (χ3n) is 3.06. The van der Waals surface area contributed by atoms with Gasteiger partial charge >= 0.3 is 0 Å². The zero-order valence-electron chi connectivity index (χ0n) is 10.7. The van der Waals surface area contributed by atoms with Crippen LogP contribution in [0.25, 0.3) is 22.6 Å². The van der Waals surface area contributed by atoms with Crippen molar-refractivity contribution in [1.82, 2.24) is 5.16 Å². The molecule has 3 aromatic rings. The molecule has 0 saturated heterocycles. The van der Waals surface area contributed by atoms with E-state index >= 15 is 0 Å². The van der Waals surface area contributed by atoms with Gasteiger partial charge in [-0.3, -0.25) is 0 Å². The number of halogens is 2. The predicted molar refractivity (Wildman–Crippen MR) is 82.1 cm³/mol. The van der Waals surface area contributed by atoms with Crippen molar-refractivity contribution in [1.29, 1.82) is 0 Å². The molecule has 0 unspecified atom stereocenters. The fourth-order valence-electron chi connectivity index (χ4n) is 1.92. The van der Waals surface area contributed by atoms with Crippen molar-refractivity contribution in [2.24, 2.45) is 0 Å². The summed E-state index contributed by atoms with van der Waals surface area (Å²) in [5.41, 5.74) is 3.81. The van der Waals surface area contributed by atoms with Crippen molar-refractivity contribution in [2.75, 3.05) is 0 Å². The van der Waals surface area contributed by atoms with Gasteiger partial charge in [0, 0.05) is 17.2 Å². The Kier molecular flexibility index (Phi) is 3.51. The molecule has 2 nitrogen and oxygen atoms in total. The Morgan fingerprint density at radius 1 is 0.850 bits per heavy atom. The summed E-state index contributed by atoms with van der Waals surface area (Å²) in [5.74, 6) is 0.728. The lowest BCUT2D eigenvalue weighted by atomic mass is 10.1. The Morgan fingerprint density at radius 2 is 1.55 bits per heavy atom. The van der Waals surface area contributed by atoms with Crippen LogP contribution >= 0.6 is 23.2 Å². The highest BCUT2D eigenvalue weighted by Gasteiger charge is 2.09. The van der Waals surface area contributed by atoms with Crippen LogP contribution in [0, 0.1) is 6.92 Å². The molecular weight excluding hydrogens is 293 g/mol. The van der Waals surface area contributed by atoms with E-state index in [1.54, 1.807) is 12.1 Å². The number of aromatic nitrogens is 1. The lowest BCUT2D eigenvalue weighted by molar-refractivity contribution is 0.435. The highest BCUT2D eigenvalue weighted by Crippen LogP contribution is 2.30. The zero-order valence-corrected chi connectivity index (χ0v) is 12.2. The van der Waals surface area contributed by atoms with Gasteiger partial charge in [-0.15, -0.1) is 0 Å². The van der Waals surface area contributed by atoms with Crippen molar-refractivity contribution < 1.29 is 4.52 Å². The predicted octanol–water partition coefficient (Wildman–Crippen LogP) is 5.62. The minimum Gasteiger partial charge on any atom is -0.356 e. The van der Waals surface area contributed by atoms with E-state index in [-0.39, 0.29) is 0 Å². The van der Waals surface area contributed by atoms with E-state index in [0.717, 1.165) is 22.6 Å². The molecular formula is C16H11Cl2NO. The van der Waals surface area contributed by atoms with Crippen LogP contribution in [0.15, 0.2) is 53.1 Å². The van der Waals surface area contributed by atoms with Gasteiger partial charge in [0.15, 0.2) is 5.76 Å².